The van der Waals surface area contributed by atoms with Crippen molar-refractivity contribution in [1.82, 2.24) is 9.78 Å². The topological polar surface area (TPSA) is 78.0 Å². The molecule has 3 aromatic rings. The molecule has 1 heterocycles. The van der Waals surface area contributed by atoms with Gasteiger partial charge in [-0.25, -0.2) is 22.6 Å². The van der Waals surface area contributed by atoms with Gasteiger partial charge in [-0.2, -0.15) is 18.3 Å². The van der Waals surface area contributed by atoms with E-state index >= 15 is 0 Å². The molecule has 0 spiro atoms. The van der Waals surface area contributed by atoms with Crippen molar-refractivity contribution in [3.63, 3.8) is 0 Å². The maximum absolute atomic E-state index is 14.0. The smallest absolute Gasteiger partial charge is 0.233 e. The summed E-state index contributed by atoms with van der Waals surface area (Å²) >= 11 is 0. The number of aromatic nitrogens is 2. The number of benzene rings is 2. The highest BCUT2D eigenvalue weighted by atomic mass is 32.2. The van der Waals surface area contributed by atoms with Gasteiger partial charge in [0.25, 0.3) is 0 Å². The molecule has 0 unspecified atom stereocenters. The highest BCUT2D eigenvalue weighted by Gasteiger charge is 2.35. The van der Waals surface area contributed by atoms with E-state index in [-0.39, 0.29) is 27.4 Å². The Bertz CT molecular complexity index is 1190. The molecule has 0 bridgehead atoms. The third kappa shape index (κ3) is 3.76. The van der Waals surface area contributed by atoms with Gasteiger partial charge in [-0.1, -0.05) is 12.0 Å². The average Bonchev–Trinajstić information content (AvgIpc) is 3.07. The summed E-state index contributed by atoms with van der Waals surface area (Å²) in [7, 11) is -3.97. The first-order chi connectivity index (χ1) is 13.0. The molecule has 1 aromatic heterocycles. The molecule has 0 saturated heterocycles. The van der Waals surface area contributed by atoms with Crippen LogP contribution in [-0.2, 0) is 16.2 Å². The number of halogens is 4. The highest BCUT2D eigenvalue weighted by molar-refractivity contribution is 7.89. The second kappa shape index (κ2) is 6.78. The van der Waals surface area contributed by atoms with Crippen LogP contribution in [0.3, 0.4) is 0 Å². The van der Waals surface area contributed by atoms with E-state index in [4.69, 9.17) is 11.6 Å². The van der Waals surface area contributed by atoms with Crippen LogP contribution in [-0.4, -0.2) is 18.2 Å². The van der Waals surface area contributed by atoms with Crippen molar-refractivity contribution < 1.29 is 26.0 Å². The van der Waals surface area contributed by atoms with Crippen LogP contribution in [0.5, 0.6) is 0 Å². The molecule has 2 N–H and O–H groups in total. The summed E-state index contributed by atoms with van der Waals surface area (Å²) in [6, 6.07) is 9.13. The predicted molar refractivity (Wildman–Crippen MR) is 93.3 cm³/mol. The van der Waals surface area contributed by atoms with E-state index in [1.807, 2.05) is 0 Å². The number of terminal acetylenes is 1. The number of nitrogens with zero attached hydrogens (tertiary/aromatic N) is 2. The molecule has 5 nitrogen and oxygen atoms in total. The molecule has 3 rings (SSSR count). The fraction of sp³-hybridized carbons (Fsp3) is 0.0556. The van der Waals surface area contributed by atoms with Crippen molar-refractivity contribution in [2.24, 2.45) is 5.14 Å². The molecule has 0 atom stereocenters. The number of sulfonamides is 1. The lowest BCUT2D eigenvalue weighted by Gasteiger charge is -2.09. The van der Waals surface area contributed by atoms with Gasteiger partial charge >= 0.3 is 6.18 Å². The number of hydrogen-bond donors (Lipinski definition) is 1. The minimum absolute atomic E-state index is 0.0386. The Morgan fingerprint density at radius 1 is 1.07 bits per heavy atom. The molecular formula is C18H11F4N3O2S. The Kier molecular flexibility index (Phi) is 4.74. The van der Waals surface area contributed by atoms with Crippen molar-refractivity contribution in [3.05, 3.63) is 65.6 Å². The van der Waals surface area contributed by atoms with Gasteiger partial charge in [0, 0.05) is 5.56 Å². The summed E-state index contributed by atoms with van der Waals surface area (Å²) < 4.78 is 77.1. The zero-order valence-corrected chi connectivity index (χ0v) is 14.7. The number of rotatable bonds is 3. The first kappa shape index (κ1) is 19.6. The number of primary sulfonamides is 1. The zero-order valence-electron chi connectivity index (χ0n) is 13.9. The third-order valence-corrected chi connectivity index (χ3v) is 4.76. The van der Waals surface area contributed by atoms with E-state index in [0.29, 0.717) is 0 Å². The summed E-state index contributed by atoms with van der Waals surface area (Å²) in [6.45, 7) is 0. The van der Waals surface area contributed by atoms with Crippen LogP contribution in [0.1, 0.15) is 11.3 Å². The molecule has 2 aromatic carbocycles. The molecular weight excluding hydrogens is 398 g/mol. The lowest BCUT2D eigenvalue weighted by Crippen LogP contribution is -2.12. The molecule has 0 aliphatic carbocycles. The summed E-state index contributed by atoms with van der Waals surface area (Å²) in [6.07, 6.45) is 0.417. The van der Waals surface area contributed by atoms with Gasteiger partial charge in [0.05, 0.1) is 21.8 Å². The van der Waals surface area contributed by atoms with Gasteiger partial charge in [0.2, 0.25) is 10.0 Å². The Morgan fingerprint density at radius 3 is 2.21 bits per heavy atom. The SMILES string of the molecule is C#Cc1ccc(-c2cc(C(F)(F)F)nn2-c2ccc(S(N)(=O)=O)cc2)cc1F. The van der Waals surface area contributed by atoms with Crippen LogP contribution >= 0.6 is 0 Å². The molecule has 0 aliphatic rings. The molecule has 0 amide bonds. The normalized spacial score (nSPS) is 12.0. The standard InChI is InChI=1S/C18H11F4N3O2S/c1-2-11-3-4-12(9-15(11)19)16-10-17(18(20,21)22)24-25(16)13-5-7-14(8-6-13)28(23,26)27/h1,3-10H,(H2,23,26,27). The first-order valence-electron chi connectivity index (χ1n) is 7.58. The first-order valence-corrected chi connectivity index (χ1v) is 9.12. The van der Waals surface area contributed by atoms with E-state index in [2.05, 4.69) is 11.0 Å². The summed E-state index contributed by atoms with van der Waals surface area (Å²) in [5.41, 5.74) is -1.06. The van der Waals surface area contributed by atoms with E-state index in [1.54, 1.807) is 0 Å². The van der Waals surface area contributed by atoms with Crippen molar-refractivity contribution in [2.45, 2.75) is 11.1 Å². The predicted octanol–water partition coefficient (Wildman–Crippen LogP) is 3.33. The Hall–Kier alpha value is -3.16. The van der Waals surface area contributed by atoms with Gasteiger partial charge in [-0.3, -0.25) is 0 Å². The van der Waals surface area contributed by atoms with Gasteiger partial charge in [-0.15, -0.1) is 6.42 Å². The van der Waals surface area contributed by atoms with Gasteiger partial charge in [0.15, 0.2) is 5.69 Å². The van der Waals surface area contributed by atoms with Gasteiger partial charge in [-0.05, 0) is 42.5 Å². The summed E-state index contributed by atoms with van der Waals surface area (Å²) in [5, 5.41) is 8.56. The van der Waals surface area contributed by atoms with E-state index in [9.17, 15) is 26.0 Å². The summed E-state index contributed by atoms with van der Waals surface area (Å²) in [5.74, 6) is 1.35. The second-order valence-electron chi connectivity index (χ2n) is 5.70. The summed E-state index contributed by atoms with van der Waals surface area (Å²) in [4.78, 5) is -0.217. The minimum atomic E-state index is -4.74. The second-order valence-corrected chi connectivity index (χ2v) is 7.26. The van der Waals surface area contributed by atoms with Crippen LogP contribution in [0.2, 0.25) is 0 Å². The van der Waals surface area contributed by atoms with Crippen LogP contribution < -0.4 is 5.14 Å². The lowest BCUT2D eigenvalue weighted by molar-refractivity contribution is -0.141. The fourth-order valence-corrected chi connectivity index (χ4v) is 3.01. The molecule has 0 aliphatic heterocycles. The van der Waals surface area contributed by atoms with E-state index < -0.39 is 27.7 Å². The molecule has 28 heavy (non-hydrogen) atoms. The maximum atomic E-state index is 14.0. The van der Waals surface area contributed by atoms with Crippen molar-refractivity contribution in [1.29, 1.82) is 0 Å². The Balaban J connectivity index is 2.19. The molecule has 0 fully saturated rings. The van der Waals surface area contributed by atoms with Crippen molar-refractivity contribution in [2.75, 3.05) is 0 Å². The van der Waals surface area contributed by atoms with Crippen LogP contribution in [0.4, 0.5) is 17.6 Å². The Labute approximate surface area is 157 Å². The molecule has 144 valence electrons. The molecule has 10 heteroatoms. The average molecular weight is 409 g/mol. The molecule has 0 radical (unpaired) electrons. The third-order valence-electron chi connectivity index (χ3n) is 3.83. The number of alkyl halides is 3. The van der Waals surface area contributed by atoms with Crippen molar-refractivity contribution >= 4 is 10.0 Å². The highest BCUT2D eigenvalue weighted by Crippen LogP contribution is 2.33. The lowest BCUT2D eigenvalue weighted by atomic mass is 10.1. The number of nitrogens with two attached hydrogens (primary N) is 1. The largest absolute Gasteiger partial charge is 0.435 e. The monoisotopic (exact) mass is 409 g/mol. The minimum Gasteiger partial charge on any atom is -0.233 e. The Morgan fingerprint density at radius 2 is 1.71 bits per heavy atom. The zero-order chi connectivity index (χ0) is 20.7. The fourth-order valence-electron chi connectivity index (χ4n) is 2.49. The van der Waals surface area contributed by atoms with E-state index in [0.717, 1.165) is 28.9 Å². The van der Waals surface area contributed by atoms with Crippen LogP contribution in [0.25, 0.3) is 16.9 Å². The van der Waals surface area contributed by atoms with Crippen LogP contribution in [0, 0.1) is 18.2 Å². The quantitative estimate of drug-likeness (QED) is 0.533. The van der Waals surface area contributed by atoms with Crippen molar-refractivity contribution in [3.8, 4) is 29.3 Å². The number of hydrogen-bond acceptors (Lipinski definition) is 3. The molecule has 0 saturated carbocycles. The van der Waals surface area contributed by atoms with Crippen LogP contribution in [0.15, 0.2) is 53.4 Å². The van der Waals surface area contributed by atoms with E-state index in [1.165, 1.54) is 24.3 Å². The van der Waals surface area contributed by atoms with Gasteiger partial charge in [0.1, 0.15) is 5.82 Å². The van der Waals surface area contributed by atoms with Gasteiger partial charge < -0.3 is 0 Å². The maximum Gasteiger partial charge on any atom is 0.435 e.